The molecular weight excluding hydrogens is 295 g/mol. The molecule has 21 heavy (non-hydrogen) atoms. The predicted octanol–water partition coefficient (Wildman–Crippen LogP) is 4.56. The molecule has 106 valence electrons. The number of hydrogen-bond acceptors (Lipinski definition) is 4. The Morgan fingerprint density at radius 3 is 2.86 bits per heavy atom. The Morgan fingerprint density at radius 2 is 2.05 bits per heavy atom. The zero-order valence-corrected chi connectivity index (χ0v) is 11.7. The first-order chi connectivity index (χ1) is 10.0. The number of rotatable bonds is 2. The molecule has 1 N–H and O–H groups in total. The number of benzene rings is 1. The van der Waals surface area contributed by atoms with Crippen LogP contribution in [-0.4, -0.2) is 14.5 Å². The summed E-state index contributed by atoms with van der Waals surface area (Å²) in [7, 11) is 0. The molecule has 0 bridgehead atoms. The number of hydrogen-bond donors (Lipinski definition) is 1. The van der Waals surface area contributed by atoms with Gasteiger partial charge in [-0.25, -0.2) is 9.37 Å². The number of aromatic hydroxyl groups is 1. The highest BCUT2D eigenvalue weighted by molar-refractivity contribution is 6.30. The quantitative estimate of drug-likeness (QED) is 0.706. The molecule has 0 saturated heterocycles. The fraction of sp³-hybridized carbons (Fsp3) is 0.0714. The number of pyridine rings is 1. The Labute approximate surface area is 124 Å². The first kappa shape index (κ1) is 13.5. The van der Waals surface area contributed by atoms with E-state index in [1.54, 1.807) is 19.1 Å². The maximum atomic E-state index is 13.3. The van der Waals surface area contributed by atoms with E-state index in [0.717, 1.165) is 0 Å². The second-order valence-corrected chi connectivity index (χ2v) is 4.87. The zero-order valence-electron chi connectivity index (χ0n) is 11.0. The fourth-order valence-corrected chi connectivity index (χ4v) is 2.09. The molecule has 0 aliphatic heterocycles. The summed E-state index contributed by atoms with van der Waals surface area (Å²) in [4.78, 5) is 4.26. The number of phenols is 1. The molecule has 0 atom stereocenters. The van der Waals surface area contributed by atoms with Crippen LogP contribution in [0.15, 0.2) is 46.8 Å². The van der Waals surface area contributed by atoms with Crippen molar-refractivity contribution in [2.75, 3.05) is 0 Å². The van der Waals surface area contributed by atoms with Crippen LogP contribution >= 0.6 is 11.6 Å². The molecule has 1 aromatic carbocycles. The van der Waals surface area contributed by atoms with Crippen LogP contribution in [0.2, 0.25) is 5.02 Å². The van der Waals surface area contributed by atoms with Crippen LogP contribution in [0, 0.1) is 12.7 Å². The molecule has 0 spiro atoms. The van der Waals surface area contributed by atoms with Gasteiger partial charge >= 0.3 is 0 Å². The minimum Gasteiger partial charge on any atom is -0.506 e. The van der Waals surface area contributed by atoms with Gasteiger partial charge in [0.05, 0.1) is 5.69 Å². The topological polar surface area (TPSA) is 62.2 Å². The number of imidazole rings is 1. The van der Waals surface area contributed by atoms with Gasteiger partial charge in [0.1, 0.15) is 22.9 Å². The van der Waals surface area contributed by atoms with E-state index in [0.29, 0.717) is 22.2 Å². The van der Waals surface area contributed by atoms with E-state index in [4.69, 9.17) is 11.6 Å². The van der Waals surface area contributed by atoms with E-state index in [9.17, 15) is 9.50 Å². The zero-order chi connectivity index (χ0) is 15.0. The van der Waals surface area contributed by atoms with Crippen LogP contribution in [0.1, 0.15) is 5.69 Å². The van der Waals surface area contributed by atoms with E-state index in [1.807, 2.05) is 0 Å². The molecule has 7 heteroatoms. The van der Waals surface area contributed by atoms with Crippen LogP contribution < -0.4 is 0 Å². The Hall–Kier alpha value is -2.47. The van der Waals surface area contributed by atoms with Gasteiger partial charge in [0.2, 0.25) is 0 Å². The number of halogens is 2. The molecule has 0 saturated carbocycles. The minimum absolute atomic E-state index is 0.0409. The second-order valence-electron chi connectivity index (χ2n) is 4.43. The van der Waals surface area contributed by atoms with Gasteiger partial charge in [0.25, 0.3) is 0 Å². The summed E-state index contributed by atoms with van der Waals surface area (Å²) in [6.45, 7) is 1.75. The van der Waals surface area contributed by atoms with E-state index in [-0.39, 0.29) is 11.4 Å². The fourth-order valence-electron chi connectivity index (χ4n) is 1.92. The maximum absolute atomic E-state index is 13.3. The Kier molecular flexibility index (Phi) is 3.31. The minimum atomic E-state index is -0.401. The predicted molar refractivity (Wildman–Crippen MR) is 77.2 cm³/mol. The molecule has 2 heterocycles. The van der Waals surface area contributed by atoms with Gasteiger partial charge in [-0.2, -0.15) is 0 Å². The molecule has 0 aliphatic rings. The molecule has 0 amide bonds. The van der Waals surface area contributed by atoms with Gasteiger partial charge < -0.3 is 5.11 Å². The Balaban J connectivity index is 2.09. The van der Waals surface area contributed by atoms with Crippen molar-refractivity contribution in [3.8, 4) is 5.75 Å². The standard InChI is InChI=1S/C14H10ClFN4O/c1-8-14(20-7-10(16)3-5-13(20)17-8)19-18-11-6-9(15)2-4-12(11)21/h2-7,21H,1H3. The van der Waals surface area contributed by atoms with Crippen molar-refractivity contribution in [3.63, 3.8) is 0 Å². The summed E-state index contributed by atoms with van der Waals surface area (Å²) >= 11 is 5.84. The molecule has 2 aromatic heterocycles. The van der Waals surface area contributed by atoms with Crippen molar-refractivity contribution in [1.82, 2.24) is 9.38 Å². The lowest BCUT2D eigenvalue weighted by Crippen LogP contribution is -1.85. The summed E-state index contributed by atoms with van der Waals surface area (Å²) in [6.07, 6.45) is 1.28. The summed E-state index contributed by atoms with van der Waals surface area (Å²) in [5, 5.41) is 18.1. The lowest BCUT2D eigenvalue weighted by atomic mass is 10.3. The average Bonchev–Trinajstić information content (AvgIpc) is 2.75. The van der Waals surface area contributed by atoms with E-state index >= 15 is 0 Å². The summed E-state index contributed by atoms with van der Waals surface area (Å²) in [5.74, 6) is -0.0494. The first-order valence-electron chi connectivity index (χ1n) is 6.09. The number of aryl methyl sites for hydroxylation is 1. The van der Waals surface area contributed by atoms with Crippen molar-refractivity contribution in [2.45, 2.75) is 6.92 Å². The van der Waals surface area contributed by atoms with Crippen molar-refractivity contribution >= 4 is 28.8 Å². The van der Waals surface area contributed by atoms with E-state index in [2.05, 4.69) is 15.2 Å². The van der Waals surface area contributed by atoms with Gasteiger partial charge in [0.15, 0.2) is 5.82 Å². The summed E-state index contributed by atoms with van der Waals surface area (Å²) < 4.78 is 14.8. The molecule has 0 fully saturated rings. The van der Waals surface area contributed by atoms with Crippen molar-refractivity contribution in [3.05, 3.63) is 53.1 Å². The second kappa shape index (κ2) is 5.14. The van der Waals surface area contributed by atoms with Crippen LogP contribution in [0.3, 0.4) is 0 Å². The summed E-state index contributed by atoms with van der Waals surface area (Å²) in [6, 6.07) is 7.34. The van der Waals surface area contributed by atoms with Crippen molar-refractivity contribution in [2.24, 2.45) is 10.2 Å². The van der Waals surface area contributed by atoms with Crippen molar-refractivity contribution < 1.29 is 9.50 Å². The molecule has 0 aliphatic carbocycles. The molecule has 0 unspecified atom stereocenters. The Morgan fingerprint density at radius 1 is 1.24 bits per heavy atom. The van der Waals surface area contributed by atoms with E-state index < -0.39 is 5.82 Å². The number of phenolic OH excluding ortho intramolecular Hbond substituents is 1. The SMILES string of the molecule is Cc1nc2ccc(F)cn2c1N=Nc1cc(Cl)ccc1O. The molecule has 0 radical (unpaired) electrons. The van der Waals surface area contributed by atoms with Crippen LogP contribution in [0.25, 0.3) is 5.65 Å². The smallest absolute Gasteiger partial charge is 0.182 e. The highest BCUT2D eigenvalue weighted by atomic mass is 35.5. The number of fused-ring (bicyclic) bond motifs is 1. The largest absolute Gasteiger partial charge is 0.506 e. The lowest BCUT2D eigenvalue weighted by Gasteiger charge is -1.99. The van der Waals surface area contributed by atoms with Crippen LogP contribution in [0.5, 0.6) is 5.75 Å². The molecular formula is C14H10ClFN4O. The Bertz CT molecular complexity index is 860. The maximum Gasteiger partial charge on any atom is 0.182 e. The third kappa shape index (κ3) is 2.57. The van der Waals surface area contributed by atoms with Gasteiger partial charge in [-0.1, -0.05) is 11.6 Å². The number of aromatic nitrogens is 2. The highest BCUT2D eigenvalue weighted by Crippen LogP contribution is 2.31. The lowest BCUT2D eigenvalue weighted by molar-refractivity contribution is 0.476. The van der Waals surface area contributed by atoms with E-state index in [1.165, 1.54) is 28.8 Å². The summed E-state index contributed by atoms with van der Waals surface area (Å²) in [5.41, 5.74) is 1.40. The van der Waals surface area contributed by atoms with Crippen molar-refractivity contribution in [1.29, 1.82) is 0 Å². The van der Waals surface area contributed by atoms with Gasteiger partial charge in [0, 0.05) is 11.2 Å². The molecule has 3 rings (SSSR count). The molecule has 3 aromatic rings. The normalized spacial score (nSPS) is 11.6. The highest BCUT2D eigenvalue weighted by Gasteiger charge is 2.09. The van der Waals surface area contributed by atoms with Gasteiger partial charge in [-0.3, -0.25) is 4.40 Å². The first-order valence-corrected chi connectivity index (χ1v) is 6.47. The van der Waals surface area contributed by atoms with Crippen LogP contribution in [-0.2, 0) is 0 Å². The monoisotopic (exact) mass is 304 g/mol. The van der Waals surface area contributed by atoms with Gasteiger partial charge in [-0.05, 0) is 37.3 Å². The molecule has 5 nitrogen and oxygen atoms in total. The third-order valence-electron chi connectivity index (χ3n) is 2.91. The van der Waals surface area contributed by atoms with Gasteiger partial charge in [-0.15, -0.1) is 10.2 Å². The number of nitrogens with zero attached hydrogens (tertiary/aromatic N) is 4. The number of azo groups is 1. The van der Waals surface area contributed by atoms with Crippen LogP contribution in [0.4, 0.5) is 15.9 Å². The third-order valence-corrected chi connectivity index (χ3v) is 3.15. The average molecular weight is 305 g/mol.